The molecule has 1 aromatic heterocycles. The van der Waals surface area contributed by atoms with Gasteiger partial charge >= 0.3 is 6.03 Å². The molecule has 1 heterocycles. The molecule has 2 N–H and O–H groups in total. The molecule has 186 valence electrons. The maximum Gasteiger partial charge on any atom is 0.319 e. The Hall–Kier alpha value is -4.19. The zero-order valence-corrected chi connectivity index (χ0v) is 20.0. The molecule has 0 radical (unpaired) electrons. The molecule has 35 heavy (non-hydrogen) atoms. The third-order valence-electron chi connectivity index (χ3n) is 5.34. The van der Waals surface area contributed by atoms with Crippen molar-refractivity contribution in [3.05, 3.63) is 46.8 Å². The lowest BCUT2D eigenvalue weighted by Crippen LogP contribution is -2.37. The van der Waals surface area contributed by atoms with Gasteiger partial charge in [0.05, 0.1) is 36.1 Å². The number of methoxy groups -OCH3 is 2. The fourth-order valence-electron chi connectivity index (χ4n) is 3.42. The summed E-state index contributed by atoms with van der Waals surface area (Å²) >= 11 is 0. The van der Waals surface area contributed by atoms with Crippen LogP contribution in [0.3, 0.4) is 0 Å². The molecule has 0 aliphatic heterocycles. The van der Waals surface area contributed by atoms with Crippen molar-refractivity contribution in [2.24, 2.45) is 0 Å². The number of fused-ring (bicyclic) bond motifs is 1. The minimum Gasteiger partial charge on any atom is -0.493 e. The molecule has 0 unspecified atom stereocenters. The summed E-state index contributed by atoms with van der Waals surface area (Å²) in [6.45, 7) is 6.90. The maximum atomic E-state index is 12.2. The number of anilines is 1. The summed E-state index contributed by atoms with van der Waals surface area (Å²) in [6.07, 6.45) is 1.32. The molecule has 12 nitrogen and oxygen atoms in total. The van der Waals surface area contributed by atoms with Gasteiger partial charge in [-0.25, -0.2) is 14.8 Å². The third kappa shape index (κ3) is 6.23. The predicted octanol–water partition coefficient (Wildman–Crippen LogP) is 3.81. The molecule has 0 aliphatic carbocycles. The van der Waals surface area contributed by atoms with E-state index in [-0.39, 0.29) is 23.0 Å². The van der Waals surface area contributed by atoms with Gasteiger partial charge < -0.3 is 29.7 Å². The Bertz CT molecular complexity index is 1200. The number of hydrogen-bond donors (Lipinski definition) is 2. The van der Waals surface area contributed by atoms with E-state index in [0.29, 0.717) is 35.5 Å². The van der Waals surface area contributed by atoms with Crippen LogP contribution in [0.25, 0.3) is 10.9 Å². The van der Waals surface area contributed by atoms with Crippen LogP contribution in [0.1, 0.15) is 13.8 Å². The Morgan fingerprint density at radius 2 is 1.80 bits per heavy atom. The summed E-state index contributed by atoms with van der Waals surface area (Å²) in [5.41, 5.74) is 0.266. The molecular formula is C23H28N6O6. The van der Waals surface area contributed by atoms with Crippen LogP contribution in [0, 0.1) is 10.1 Å². The number of carbonyl (C=O) groups is 1. The lowest BCUT2D eigenvalue weighted by Gasteiger charge is -2.18. The molecule has 0 spiro atoms. The van der Waals surface area contributed by atoms with Crippen LogP contribution in [0.2, 0.25) is 0 Å². The van der Waals surface area contributed by atoms with Crippen LogP contribution in [0.4, 0.5) is 16.2 Å². The van der Waals surface area contributed by atoms with Crippen molar-refractivity contribution in [2.75, 3.05) is 45.7 Å². The smallest absolute Gasteiger partial charge is 0.319 e. The van der Waals surface area contributed by atoms with E-state index in [0.717, 1.165) is 13.1 Å². The van der Waals surface area contributed by atoms with Crippen molar-refractivity contribution in [3.63, 3.8) is 0 Å². The zero-order valence-electron chi connectivity index (χ0n) is 20.0. The molecule has 0 saturated heterocycles. The number of nitro benzene ring substituents is 1. The van der Waals surface area contributed by atoms with E-state index >= 15 is 0 Å². The Morgan fingerprint density at radius 3 is 2.46 bits per heavy atom. The zero-order chi connectivity index (χ0) is 25.4. The second-order valence-corrected chi connectivity index (χ2v) is 7.35. The Morgan fingerprint density at radius 1 is 1.09 bits per heavy atom. The van der Waals surface area contributed by atoms with E-state index in [1.165, 1.54) is 38.7 Å². The van der Waals surface area contributed by atoms with Crippen LogP contribution >= 0.6 is 0 Å². The molecule has 0 fully saturated rings. The summed E-state index contributed by atoms with van der Waals surface area (Å²) in [6, 6.07) is 6.95. The fraction of sp³-hybridized carbons (Fsp3) is 0.348. The molecular weight excluding hydrogens is 456 g/mol. The molecule has 3 aromatic rings. The van der Waals surface area contributed by atoms with E-state index < -0.39 is 11.0 Å². The van der Waals surface area contributed by atoms with Gasteiger partial charge in [-0.3, -0.25) is 10.1 Å². The summed E-state index contributed by atoms with van der Waals surface area (Å²) in [5, 5.41) is 17.4. The number of aromatic nitrogens is 2. The number of nitrogens with zero attached hydrogens (tertiary/aromatic N) is 4. The van der Waals surface area contributed by atoms with Gasteiger partial charge in [0, 0.05) is 19.2 Å². The number of amides is 2. The van der Waals surface area contributed by atoms with Crippen molar-refractivity contribution >= 4 is 28.3 Å². The minimum absolute atomic E-state index is 0.0432. The highest BCUT2D eigenvalue weighted by molar-refractivity contribution is 5.92. The first-order chi connectivity index (χ1) is 16.9. The number of ether oxygens (including phenoxy) is 3. The SMILES string of the molecule is CCN(CC)CCNC(=O)Nc1ccc(Oc2ncnc3cc(OC)c(OC)cc23)cc1[N+](=O)[O-]. The van der Waals surface area contributed by atoms with Gasteiger partial charge in [0.15, 0.2) is 11.5 Å². The van der Waals surface area contributed by atoms with Crippen molar-refractivity contribution in [2.45, 2.75) is 13.8 Å². The van der Waals surface area contributed by atoms with Crippen molar-refractivity contribution in [1.82, 2.24) is 20.2 Å². The lowest BCUT2D eigenvalue weighted by atomic mass is 10.2. The van der Waals surface area contributed by atoms with Gasteiger partial charge in [0.25, 0.3) is 5.69 Å². The number of carbonyl (C=O) groups excluding carboxylic acids is 1. The summed E-state index contributed by atoms with van der Waals surface area (Å²) < 4.78 is 16.5. The van der Waals surface area contributed by atoms with Crippen LogP contribution in [0.15, 0.2) is 36.7 Å². The Balaban J connectivity index is 1.80. The van der Waals surface area contributed by atoms with E-state index in [1.54, 1.807) is 12.1 Å². The second kappa shape index (κ2) is 11.8. The van der Waals surface area contributed by atoms with Crippen LogP contribution in [0.5, 0.6) is 23.1 Å². The first-order valence-corrected chi connectivity index (χ1v) is 11.0. The normalized spacial score (nSPS) is 10.8. The monoisotopic (exact) mass is 484 g/mol. The Labute approximate surface area is 202 Å². The molecule has 0 aliphatic rings. The average Bonchev–Trinajstić information content (AvgIpc) is 2.86. The number of rotatable bonds is 11. The van der Waals surface area contributed by atoms with E-state index in [1.807, 2.05) is 13.8 Å². The molecule has 0 atom stereocenters. The predicted molar refractivity (Wildman–Crippen MR) is 131 cm³/mol. The highest BCUT2D eigenvalue weighted by atomic mass is 16.6. The van der Waals surface area contributed by atoms with Crippen molar-refractivity contribution < 1.29 is 23.9 Å². The van der Waals surface area contributed by atoms with Crippen molar-refractivity contribution in [1.29, 1.82) is 0 Å². The fourth-order valence-corrected chi connectivity index (χ4v) is 3.42. The second-order valence-electron chi connectivity index (χ2n) is 7.35. The van der Waals surface area contributed by atoms with Gasteiger partial charge in [0.1, 0.15) is 17.8 Å². The van der Waals surface area contributed by atoms with E-state index in [4.69, 9.17) is 14.2 Å². The summed E-state index contributed by atoms with van der Waals surface area (Å²) in [7, 11) is 3.02. The van der Waals surface area contributed by atoms with Gasteiger partial charge in [-0.05, 0) is 31.3 Å². The standard InChI is InChI=1S/C23H28N6O6/c1-5-28(6-2)10-9-24-23(30)27-17-8-7-15(11-19(17)29(31)32)35-22-16-12-20(33-3)21(34-4)13-18(16)25-14-26-22/h7-8,11-14H,5-6,9-10H2,1-4H3,(H2,24,27,30). The van der Waals surface area contributed by atoms with Crippen LogP contribution in [-0.2, 0) is 0 Å². The quantitative estimate of drug-likeness (QED) is 0.307. The molecule has 12 heteroatoms. The average molecular weight is 485 g/mol. The van der Waals surface area contributed by atoms with Gasteiger partial charge in [-0.2, -0.15) is 0 Å². The number of hydrogen-bond acceptors (Lipinski definition) is 9. The number of nitro groups is 1. The van der Waals surface area contributed by atoms with Crippen LogP contribution < -0.4 is 24.8 Å². The van der Waals surface area contributed by atoms with Gasteiger partial charge in [-0.1, -0.05) is 13.8 Å². The molecule has 2 amide bonds. The number of urea groups is 1. The highest BCUT2D eigenvalue weighted by Crippen LogP contribution is 2.37. The van der Waals surface area contributed by atoms with E-state index in [9.17, 15) is 14.9 Å². The molecule has 0 bridgehead atoms. The van der Waals surface area contributed by atoms with Gasteiger partial charge in [-0.15, -0.1) is 0 Å². The minimum atomic E-state index is -0.593. The largest absolute Gasteiger partial charge is 0.493 e. The lowest BCUT2D eigenvalue weighted by molar-refractivity contribution is -0.384. The van der Waals surface area contributed by atoms with Crippen molar-refractivity contribution in [3.8, 4) is 23.1 Å². The number of likely N-dealkylation sites (N-methyl/N-ethyl adjacent to an activating group) is 1. The Kier molecular flexibility index (Phi) is 8.57. The highest BCUT2D eigenvalue weighted by Gasteiger charge is 2.19. The summed E-state index contributed by atoms with van der Waals surface area (Å²) in [5.74, 6) is 1.29. The van der Waals surface area contributed by atoms with E-state index in [2.05, 4.69) is 25.5 Å². The molecule has 0 saturated carbocycles. The molecule has 3 rings (SSSR count). The first kappa shape index (κ1) is 25.4. The van der Waals surface area contributed by atoms with Crippen LogP contribution in [-0.4, -0.2) is 66.2 Å². The third-order valence-corrected chi connectivity index (χ3v) is 5.34. The first-order valence-electron chi connectivity index (χ1n) is 11.0. The number of nitrogens with one attached hydrogen (secondary N) is 2. The maximum absolute atomic E-state index is 12.2. The number of benzene rings is 2. The summed E-state index contributed by atoms with van der Waals surface area (Å²) in [4.78, 5) is 33.8. The van der Waals surface area contributed by atoms with Gasteiger partial charge in [0.2, 0.25) is 5.88 Å². The molecule has 2 aromatic carbocycles. The topological polar surface area (TPSA) is 141 Å².